The van der Waals surface area contributed by atoms with Crippen molar-refractivity contribution in [3.05, 3.63) is 30.1 Å². The van der Waals surface area contributed by atoms with Crippen LogP contribution in [0.4, 0.5) is 0 Å². The molecule has 7 heteroatoms. The lowest BCUT2D eigenvalue weighted by Crippen LogP contribution is -2.42. The first-order chi connectivity index (χ1) is 9.33. The second-order valence-electron chi connectivity index (χ2n) is 4.49. The van der Waals surface area contributed by atoms with E-state index in [-0.39, 0.29) is 24.0 Å². The van der Waals surface area contributed by atoms with Gasteiger partial charge in [-0.3, -0.25) is 0 Å². The van der Waals surface area contributed by atoms with Gasteiger partial charge in [0.2, 0.25) is 0 Å². The summed E-state index contributed by atoms with van der Waals surface area (Å²) in [4.78, 5) is 14.2. The topological polar surface area (TPSA) is 70.3 Å². The van der Waals surface area contributed by atoms with Crippen molar-refractivity contribution in [1.29, 1.82) is 0 Å². The smallest absolute Gasteiger partial charge is 0.191 e. The summed E-state index contributed by atoms with van der Waals surface area (Å²) in [6.07, 6.45) is 1.89. The zero-order valence-electron chi connectivity index (χ0n) is 11.1. The summed E-state index contributed by atoms with van der Waals surface area (Å²) in [6, 6.07) is 6.06. The van der Waals surface area contributed by atoms with Crippen LogP contribution in [0.15, 0.2) is 29.4 Å². The maximum atomic E-state index is 6.02. The average Bonchev–Trinajstić information content (AvgIpc) is 2.93. The number of nitrogens with one attached hydrogen (secondary N) is 1. The van der Waals surface area contributed by atoms with E-state index >= 15 is 0 Å². The molecule has 1 aliphatic rings. The minimum Gasteiger partial charge on any atom is -0.370 e. The van der Waals surface area contributed by atoms with Gasteiger partial charge < -0.3 is 15.6 Å². The molecule has 1 aliphatic heterocycles. The van der Waals surface area contributed by atoms with Crippen LogP contribution in [0.1, 0.15) is 5.69 Å². The molecule has 0 amide bonds. The van der Waals surface area contributed by atoms with Gasteiger partial charge >= 0.3 is 0 Å². The summed E-state index contributed by atoms with van der Waals surface area (Å²) in [5.74, 6) is 2.89. The van der Waals surface area contributed by atoms with E-state index in [4.69, 9.17) is 5.73 Å². The summed E-state index contributed by atoms with van der Waals surface area (Å²) < 4.78 is 0. The molecule has 20 heavy (non-hydrogen) atoms. The zero-order chi connectivity index (χ0) is 13.1. The zero-order valence-corrected chi connectivity index (χ0v) is 14.2. The van der Waals surface area contributed by atoms with Gasteiger partial charge in [0.1, 0.15) is 5.65 Å². The molecule has 0 unspecified atom stereocenters. The third-order valence-electron chi connectivity index (χ3n) is 3.21. The van der Waals surface area contributed by atoms with Crippen LogP contribution in [-0.2, 0) is 6.54 Å². The van der Waals surface area contributed by atoms with E-state index in [9.17, 15) is 0 Å². The summed E-state index contributed by atoms with van der Waals surface area (Å²) >= 11 is 1.96. The summed E-state index contributed by atoms with van der Waals surface area (Å²) in [7, 11) is 0. The molecule has 0 bridgehead atoms. The minimum atomic E-state index is 0. The Labute approximate surface area is 139 Å². The van der Waals surface area contributed by atoms with E-state index in [0.717, 1.165) is 41.3 Å². The lowest BCUT2D eigenvalue weighted by atomic mass is 10.3. The van der Waals surface area contributed by atoms with Gasteiger partial charge in [-0.1, -0.05) is 0 Å². The number of rotatable bonds is 2. The molecule has 2 aromatic heterocycles. The molecule has 3 N–H and O–H groups in total. The summed E-state index contributed by atoms with van der Waals surface area (Å²) in [5.41, 5.74) is 7.86. The molecule has 0 saturated carbocycles. The van der Waals surface area contributed by atoms with Crippen molar-refractivity contribution in [3.8, 4) is 0 Å². The number of hydrogen-bond acceptors (Lipinski definition) is 3. The third kappa shape index (κ3) is 3.57. The van der Waals surface area contributed by atoms with E-state index in [2.05, 4.69) is 25.9 Å². The predicted octanol–water partition coefficient (Wildman–Crippen LogP) is 2.04. The normalized spacial score (nSPS) is 16.2. The quantitative estimate of drug-likeness (QED) is 0.458. The van der Waals surface area contributed by atoms with E-state index in [1.165, 1.54) is 0 Å². The fourth-order valence-corrected chi connectivity index (χ4v) is 3.02. The van der Waals surface area contributed by atoms with Crippen molar-refractivity contribution in [1.82, 2.24) is 14.9 Å². The highest BCUT2D eigenvalue weighted by Crippen LogP contribution is 2.11. The molecule has 0 spiro atoms. The van der Waals surface area contributed by atoms with Crippen LogP contribution >= 0.6 is 35.7 Å². The molecule has 0 atom stereocenters. The van der Waals surface area contributed by atoms with Gasteiger partial charge in [-0.15, -0.1) is 24.0 Å². The van der Waals surface area contributed by atoms with Crippen molar-refractivity contribution in [2.45, 2.75) is 6.54 Å². The first-order valence-corrected chi connectivity index (χ1v) is 7.54. The highest BCUT2D eigenvalue weighted by atomic mass is 127. The highest BCUT2D eigenvalue weighted by Gasteiger charge is 2.11. The second-order valence-corrected chi connectivity index (χ2v) is 5.72. The van der Waals surface area contributed by atoms with Crippen LogP contribution in [0.3, 0.4) is 0 Å². The van der Waals surface area contributed by atoms with Gasteiger partial charge in [-0.05, 0) is 18.2 Å². The molecule has 5 nitrogen and oxygen atoms in total. The maximum absolute atomic E-state index is 6.02. The Kier molecular flexibility index (Phi) is 5.53. The number of pyridine rings is 1. The van der Waals surface area contributed by atoms with Gasteiger partial charge in [0.05, 0.1) is 12.2 Å². The molecule has 1 fully saturated rings. The van der Waals surface area contributed by atoms with Crippen molar-refractivity contribution >= 4 is 52.7 Å². The van der Waals surface area contributed by atoms with Gasteiger partial charge in [0, 0.05) is 36.2 Å². The van der Waals surface area contributed by atoms with Crippen LogP contribution in [0.5, 0.6) is 0 Å². The van der Waals surface area contributed by atoms with E-state index in [1.54, 1.807) is 0 Å². The van der Waals surface area contributed by atoms with Crippen molar-refractivity contribution < 1.29 is 0 Å². The van der Waals surface area contributed by atoms with Crippen molar-refractivity contribution in [2.75, 3.05) is 24.6 Å². The number of guanidine groups is 1. The predicted molar refractivity (Wildman–Crippen MR) is 95.7 cm³/mol. The first-order valence-electron chi connectivity index (χ1n) is 6.38. The molecule has 3 heterocycles. The summed E-state index contributed by atoms with van der Waals surface area (Å²) in [5, 5.41) is 1.12. The lowest BCUT2D eigenvalue weighted by molar-refractivity contribution is 0.455. The van der Waals surface area contributed by atoms with E-state index in [0.29, 0.717) is 12.5 Å². The molecule has 108 valence electrons. The number of aromatic amines is 1. The SMILES string of the molecule is I.NC(=NCc1ccc2cc[nH]c2n1)N1CCSCC1. The third-order valence-corrected chi connectivity index (χ3v) is 4.15. The van der Waals surface area contributed by atoms with Gasteiger partial charge in [0.15, 0.2) is 5.96 Å². The van der Waals surface area contributed by atoms with Gasteiger partial charge in [-0.2, -0.15) is 11.8 Å². The standard InChI is InChI=1S/C13H17N5S.HI/c14-13(18-5-7-19-8-6-18)16-9-11-2-1-10-3-4-15-12(10)17-11;/h1-4H,5-9H2,(H2,14,16)(H,15,17);1H. The number of nitrogens with two attached hydrogens (primary N) is 1. The van der Waals surface area contributed by atoms with E-state index < -0.39 is 0 Å². The number of nitrogens with zero attached hydrogens (tertiary/aromatic N) is 3. The monoisotopic (exact) mass is 403 g/mol. The number of hydrogen-bond donors (Lipinski definition) is 2. The average molecular weight is 403 g/mol. The number of thioether (sulfide) groups is 1. The van der Waals surface area contributed by atoms with Crippen LogP contribution in [0, 0.1) is 0 Å². The molecule has 2 aromatic rings. The minimum absolute atomic E-state index is 0. The Morgan fingerprint density at radius 3 is 2.95 bits per heavy atom. The molecule has 3 rings (SSSR count). The first kappa shape index (κ1) is 15.4. The Hall–Kier alpha value is -0.960. The molecule has 0 aromatic carbocycles. The Morgan fingerprint density at radius 2 is 2.15 bits per heavy atom. The van der Waals surface area contributed by atoms with Crippen LogP contribution in [0.25, 0.3) is 11.0 Å². The fourth-order valence-electron chi connectivity index (χ4n) is 2.11. The number of aromatic nitrogens is 2. The van der Waals surface area contributed by atoms with Crippen molar-refractivity contribution in [2.24, 2.45) is 10.7 Å². The maximum Gasteiger partial charge on any atom is 0.191 e. The van der Waals surface area contributed by atoms with Crippen molar-refractivity contribution in [3.63, 3.8) is 0 Å². The summed E-state index contributed by atoms with van der Waals surface area (Å²) in [6.45, 7) is 2.51. The lowest BCUT2D eigenvalue weighted by Gasteiger charge is -2.27. The Balaban J connectivity index is 0.00000147. The van der Waals surface area contributed by atoms with Gasteiger partial charge in [-0.25, -0.2) is 9.98 Å². The molecular weight excluding hydrogens is 385 g/mol. The molecule has 0 radical (unpaired) electrons. The molecule has 1 saturated heterocycles. The fraction of sp³-hybridized carbons (Fsp3) is 0.385. The molecule has 0 aliphatic carbocycles. The number of H-pyrrole nitrogens is 1. The van der Waals surface area contributed by atoms with Crippen LogP contribution < -0.4 is 5.73 Å². The highest BCUT2D eigenvalue weighted by molar-refractivity contribution is 14.0. The number of fused-ring (bicyclic) bond motifs is 1. The van der Waals surface area contributed by atoms with Gasteiger partial charge in [0.25, 0.3) is 0 Å². The number of halogens is 1. The number of aliphatic imine (C=N–C) groups is 1. The van der Waals surface area contributed by atoms with E-state index in [1.807, 2.05) is 30.1 Å². The Bertz CT molecular complexity index is 591. The Morgan fingerprint density at radius 1 is 1.35 bits per heavy atom. The van der Waals surface area contributed by atoms with Crippen LogP contribution in [0.2, 0.25) is 0 Å². The van der Waals surface area contributed by atoms with Crippen LogP contribution in [-0.4, -0.2) is 45.4 Å². The second kappa shape index (κ2) is 7.16. The molecular formula is C13H18IN5S. The largest absolute Gasteiger partial charge is 0.370 e.